The second kappa shape index (κ2) is 9.07. The molecule has 1 heterocycles. The number of hydrogen-bond donors (Lipinski definition) is 0. The van der Waals surface area contributed by atoms with Crippen molar-refractivity contribution >= 4 is 14.2 Å². The fourth-order valence-electron chi connectivity index (χ4n) is 4.18. The summed E-state index contributed by atoms with van der Waals surface area (Å²) in [6.07, 6.45) is 5.77. The second-order valence-corrected chi connectivity index (χ2v) is 12.5. The zero-order valence-electron chi connectivity index (χ0n) is 17.0. The third kappa shape index (κ3) is 3.97. The Labute approximate surface area is 169 Å². The molecular formula is C24H29NO2Si. The number of para-hydroxylation sites is 1. The van der Waals surface area contributed by atoms with Crippen LogP contribution in [0.1, 0.15) is 32.4 Å². The van der Waals surface area contributed by atoms with Crippen LogP contribution in [0, 0.1) is 0 Å². The van der Waals surface area contributed by atoms with Crippen molar-refractivity contribution in [3.05, 3.63) is 89.8 Å². The first-order valence-corrected chi connectivity index (χ1v) is 12.8. The zero-order chi connectivity index (χ0) is 20.0. The molecule has 2 aromatic rings. The molecule has 28 heavy (non-hydrogen) atoms. The molecule has 0 aromatic heterocycles. The van der Waals surface area contributed by atoms with Gasteiger partial charge in [0.05, 0.1) is 14.1 Å². The maximum Gasteiger partial charge on any atom is 0.420 e. The standard InChI is InChI=1S/C24H29NO2Si/c1-4-28(5-2,6-3)22-18-13-19-25(23(22)20-14-9-7-10-15-20)24(26)27-21-16-11-8-12-17-21/h7-19,23H,4-6H2,1-3H3. The van der Waals surface area contributed by atoms with E-state index in [1.165, 1.54) is 23.3 Å². The summed E-state index contributed by atoms with van der Waals surface area (Å²) in [6.45, 7) is 6.90. The topological polar surface area (TPSA) is 29.5 Å². The van der Waals surface area contributed by atoms with Crippen LogP contribution in [-0.4, -0.2) is 19.1 Å². The Morgan fingerprint density at radius 3 is 2.07 bits per heavy atom. The van der Waals surface area contributed by atoms with Crippen molar-refractivity contribution in [2.75, 3.05) is 0 Å². The molecule has 0 radical (unpaired) electrons. The van der Waals surface area contributed by atoms with E-state index in [0.717, 1.165) is 5.56 Å². The highest BCUT2D eigenvalue weighted by Gasteiger charge is 2.41. The molecule has 146 valence electrons. The van der Waals surface area contributed by atoms with Gasteiger partial charge in [0.15, 0.2) is 0 Å². The van der Waals surface area contributed by atoms with Gasteiger partial charge < -0.3 is 4.74 Å². The number of hydrogen-bond acceptors (Lipinski definition) is 2. The molecule has 4 heteroatoms. The van der Waals surface area contributed by atoms with Gasteiger partial charge in [0.25, 0.3) is 0 Å². The maximum absolute atomic E-state index is 13.1. The summed E-state index contributed by atoms with van der Waals surface area (Å²) in [5.41, 5.74) is 1.13. The van der Waals surface area contributed by atoms with E-state index in [9.17, 15) is 4.79 Å². The average Bonchev–Trinajstić information content (AvgIpc) is 2.76. The van der Waals surface area contributed by atoms with E-state index in [1.54, 1.807) is 4.90 Å². The third-order valence-corrected chi connectivity index (χ3v) is 11.7. The van der Waals surface area contributed by atoms with Crippen LogP contribution in [0.15, 0.2) is 84.2 Å². The summed E-state index contributed by atoms with van der Waals surface area (Å²) in [5.74, 6) is 0.564. The molecule has 0 aliphatic carbocycles. The Morgan fingerprint density at radius 2 is 1.50 bits per heavy atom. The quantitative estimate of drug-likeness (QED) is 0.511. The Hall–Kier alpha value is -2.59. The molecule has 0 bridgehead atoms. The SMILES string of the molecule is CC[Si](CC)(CC)C1=CC=CN(C(=O)Oc2ccccc2)C1c1ccccc1. The minimum absolute atomic E-state index is 0.103. The lowest BCUT2D eigenvalue weighted by molar-refractivity contribution is 0.160. The molecule has 1 unspecified atom stereocenters. The zero-order valence-corrected chi connectivity index (χ0v) is 18.0. The van der Waals surface area contributed by atoms with Gasteiger partial charge >= 0.3 is 6.09 Å². The summed E-state index contributed by atoms with van der Waals surface area (Å²) < 4.78 is 5.69. The smallest absolute Gasteiger partial charge is 0.410 e. The molecule has 0 saturated carbocycles. The molecule has 1 amide bonds. The number of nitrogens with zero attached hydrogens (tertiary/aromatic N) is 1. The lowest BCUT2D eigenvalue weighted by Crippen LogP contribution is -2.44. The normalized spacial score (nSPS) is 16.6. The Bertz CT molecular complexity index is 833. The number of ether oxygens (including phenoxy) is 1. The van der Waals surface area contributed by atoms with Gasteiger partial charge in [-0.25, -0.2) is 4.79 Å². The van der Waals surface area contributed by atoms with Crippen LogP contribution in [0.2, 0.25) is 18.1 Å². The predicted octanol–water partition coefficient (Wildman–Crippen LogP) is 6.73. The number of carbonyl (C=O) groups excluding carboxylic acids is 1. The Balaban J connectivity index is 2.01. The maximum atomic E-state index is 13.1. The number of carbonyl (C=O) groups is 1. The molecule has 3 rings (SSSR count). The van der Waals surface area contributed by atoms with E-state index in [0.29, 0.717) is 5.75 Å². The monoisotopic (exact) mass is 391 g/mol. The lowest BCUT2D eigenvalue weighted by Gasteiger charge is -2.41. The second-order valence-electron chi connectivity index (χ2n) is 7.21. The average molecular weight is 392 g/mol. The van der Waals surface area contributed by atoms with Crippen LogP contribution in [0.25, 0.3) is 0 Å². The van der Waals surface area contributed by atoms with Crippen molar-refractivity contribution in [2.24, 2.45) is 0 Å². The molecule has 1 aliphatic heterocycles. The minimum Gasteiger partial charge on any atom is -0.410 e. The van der Waals surface area contributed by atoms with E-state index in [-0.39, 0.29) is 12.1 Å². The Kier molecular flexibility index (Phi) is 6.52. The Morgan fingerprint density at radius 1 is 0.929 bits per heavy atom. The molecule has 1 aliphatic rings. The summed E-state index contributed by atoms with van der Waals surface area (Å²) in [6, 6.07) is 23.0. The van der Waals surface area contributed by atoms with Gasteiger partial charge in [-0.05, 0) is 23.8 Å². The van der Waals surface area contributed by atoms with Crippen molar-refractivity contribution in [3.8, 4) is 5.75 Å². The minimum atomic E-state index is -1.68. The molecule has 2 aromatic carbocycles. The molecule has 0 spiro atoms. The summed E-state index contributed by atoms with van der Waals surface area (Å²) in [7, 11) is -1.68. The highest BCUT2D eigenvalue weighted by molar-refractivity contribution is 6.86. The van der Waals surface area contributed by atoms with Crippen LogP contribution >= 0.6 is 0 Å². The summed E-state index contributed by atoms with van der Waals surface area (Å²) in [5, 5.41) is 1.42. The van der Waals surface area contributed by atoms with Gasteiger partial charge in [0.1, 0.15) is 5.75 Å². The number of benzene rings is 2. The largest absolute Gasteiger partial charge is 0.420 e. The van der Waals surface area contributed by atoms with E-state index < -0.39 is 8.07 Å². The third-order valence-electron chi connectivity index (χ3n) is 6.01. The van der Waals surface area contributed by atoms with Crippen molar-refractivity contribution in [3.63, 3.8) is 0 Å². The van der Waals surface area contributed by atoms with Crippen LogP contribution < -0.4 is 4.74 Å². The van der Waals surface area contributed by atoms with Crippen molar-refractivity contribution in [1.82, 2.24) is 4.90 Å². The van der Waals surface area contributed by atoms with Gasteiger partial charge in [0, 0.05) is 6.20 Å². The number of allylic oxidation sites excluding steroid dienone is 2. The molecule has 0 N–H and O–H groups in total. The number of amides is 1. The molecular weight excluding hydrogens is 362 g/mol. The van der Waals surface area contributed by atoms with Gasteiger partial charge in [-0.2, -0.15) is 0 Å². The molecule has 0 fully saturated rings. The highest BCUT2D eigenvalue weighted by atomic mass is 28.3. The first-order valence-electron chi connectivity index (χ1n) is 10.1. The van der Waals surface area contributed by atoms with Gasteiger partial charge in [0.2, 0.25) is 0 Å². The highest BCUT2D eigenvalue weighted by Crippen LogP contribution is 2.42. The molecule has 3 nitrogen and oxygen atoms in total. The van der Waals surface area contributed by atoms with E-state index in [4.69, 9.17) is 4.74 Å². The van der Waals surface area contributed by atoms with E-state index in [1.807, 2.05) is 60.8 Å². The fourth-order valence-corrected chi connectivity index (χ4v) is 8.24. The van der Waals surface area contributed by atoms with Gasteiger partial charge in [-0.3, -0.25) is 4.90 Å². The molecule has 1 atom stereocenters. The summed E-state index contributed by atoms with van der Waals surface area (Å²) >= 11 is 0. The van der Waals surface area contributed by atoms with E-state index >= 15 is 0 Å². The first kappa shape index (κ1) is 20.1. The van der Waals surface area contributed by atoms with Gasteiger partial charge in [-0.15, -0.1) is 0 Å². The lowest BCUT2D eigenvalue weighted by atomic mass is 10.0. The molecule has 0 saturated heterocycles. The fraction of sp³-hybridized carbons (Fsp3) is 0.292. The van der Waals surface area contributed by atoms with Crippen LogP contribution in [-0.2, 0) is 0 Å². The first-order chi connectivity index (χ1) is 13.6. The van der Waals surface area contributed by atoms with Crippen LogP contribution in [0.3, 0.4) is 0 Å². The predicted molar refractivity (Wildman–Crippen MR) is 118 cm³/mol. The van der Waals surface area contributed by atoms with Crippen LogP contribution in [0.5, 0.6) is 5.75 Å². The van der Waals surface area contributed by atoms with Crippen molar-refractivity contribution in [2.45, 2.75) is 44.9 Å². The summed E-state index contributed by atoms with van der Waals surface area (Å²) in [4.78, 5) is 14.9. The van der Waals surface area contributed by atoms with Crippen molar-refractivity contribution < 1.29 is 9.53 Å². The van der Waals surface area contributed by atoms with E-state index in [2.05, 4.69) is 39.0 Å². The van der Waals surface area contributed by atoms with Crippen LogP contribution in [0.4, 0.5) is 4.79 Å². The van der Waals surface area contributed by atoms with Crippen molar-refractivity contribution in [1.29, 1.82) is 0 Å². The van der Waals surface area contributed by atoms with Gasteiger partial charge in [-0.1, -0.05) is 98.7 Å². The number of rotatable bonds is 6.